The largest absolute Gasteiger partial charge is 0.451 e. The Morgan fingerprint density at radius 1 is 1.21 bits per heavy atom. The number of thioether (sulfide) groups is 1. The van der Waals surface area contributed by atoms with E-state index in [0.717, 1.165) is 32.8 Å². The number of anilines is 2. The number of thiazole rings is 1. The van der Waals surface area contributed by atoms with Crippen molar-refractivity contribution in [2.75, 3.05) is 5.32 Å². The Labute approximate surface area is 143 Å². The maximum atomic E-state index is 12.7. The normalized spacial score (nSPS) is 11.7. The van der Waals surface area contributed by atoms with Crippen LogP contribution in [0.15, 0.2) is 40.9 Å². The summed E-state index contributed by atoms with van der Waals surface area (Å²) in [5.74, 6) is -0.591. The lowest BCUT2D eigenvalue weighted by molar-refractivity contribution is -0.147. The van der Waals surface area contributed by atoms with Crippen molar-refractivity contribution in [3.05, 3.63) is 47.2 Å². The molecule has 126 valence electrons. The molecule has 0 amide bonds. The van der Waals surface area contributed by atoms with Crippen LogP contribution in [0.5, 0.6) is 0 Å². The molecule has 0 spiro atoms. The Kier molecular flexibility index (Phi) is 4.76. The molecule has 0 saturated carbocycles. The molecule has 0 fully saturated rings. The number of nitrogens with one attached hydrogen (secondary N) is 1. The van der Waals surface area contributed by atoms with Crippen molar-refractivity contribution in [2.24, 2.45) is 7.05 Å². The molecule has 0 bridgehead atoms. The lowest BCUT2D eigenvalue weighted by atomic mass is 10.3. The second-order valence-corrected chi connectivity index (χ2v) is 6.59. The highest BCUT2D eigenvalue weighted by Crippen LogP contribution is 2.31. The zero-order valence-corrected chi connectivity index (χ0v) is 14.0. The third-order valence-corrected chi connectivity index (χ3v) is 4.87. The summed E-state index contributed by atoms with van der Waals surface area (Å²) >= 11 is 2.60. The van der Waals surface area contributed by atoms with Crippen LogP contribution in [0.4, 0.5) is 24.0 Å². The molecule has 2 heterocycles. The van der Waals surface area contributed by atoms with Gasteiger partial charge in [0.25, 0.3) is 0 Å². The third-order valence-electron chi connectivity index (χ3n) is 3.01. The first kappa shape index (κ1) is 16.8. The molecule has 0 saturated heterocycles. The van der Waals surface area contributed by atoms with Crippen molar-refractivity contribution in [3.63, 3.8) is 0 Å². The molecule has 0 radical (unpaired) electrons. The van der Waals surface area contributed by atoms with E-state index >= 15 is 0 Å². The Balaban J connectivity index is 1.63. The Morgan fingerprint density at radius 2 is 1.96 bits per heavy atom. The topological polar surface area (TPSA) is 55.6 Å². The van der Waals surface area contributed by atoms with Crippen molar-refractivity contribution in [2.45, 2.75) is 17.1 Å². The predicted molar refractivity (Wildman–Crippen MR) is 87.4 cm³/mol. The summed E-state index contributed by atoms with van der Waals surface area (Å²) in [6, 6.07) is 9.60. The summed E-state index contributed by atoms with van der Waals surface area (Å²) in [5, 5.41) is 12.7. The van der Waals surface area contributed by atoms with E-state index in [1.165, 1.54) is 18.4 Å². The molecule has 3 rings (SSSR count). The smallest absolute Gasteiger partial charge is 0.332 e. The lowest BCUT2D eigenvalue weighted by Crippen LogP contribution is -2.12. The predicted octanol–water partition coefficient (Wildman–Crippen LogP) is 4.33. The van der Waals surface area contributed by atoms with Crippen LogP contribution in [0.3, 0.4) is 0 Å². The Hall–Kier alpha value is -2.07. The summed E-state index contributed by atoms with van der Waals surface area (Å²) in [7, 11) is 1.30. The molecule has 0 atom stereocenters. The fourth-order valence-corrected chi connectivity index (χ4v) is 3.54. The minimum atomic E-state index is -4.51. The molecule has 0 aliphatic carbocycles. The van der Waals surface area contributed by atoms with E-state index in [-0.39, 0.29) is 5.16 Å². The molecule has 2 aromatic heterocycles. The van der Waals surface area contributed by atoms with Crippen LogP contribution >= 0.6 is 23.1 Å². The van der Waals surface area contributed by atoms with E-state index in [2.05, 4.69) is 20.5 Å². The SMILES string of the molecule is Cn1c(SCc2csc(Nc3ccccc3)n2)nnc1C(F)(F)F. The van der Waals surface area contributed by atoms with Crippen LogP contribution < -0.4 is 5.32 Å². The van der Waals surface area contributed by atoms with Gasteiger partial charge in [-0.05, 0) is 12.1 Å². The summed E-state index contributed by atoms with van der Waals surface area (Å²) in [6.07, 6.45) is -4.51. The average molecular weight is 371 g/mol. The first-order valence-corrected chi connectivity index (χ1v) is 8.66. The van der Waals surface area contributed by atoms with Crippen molar-refractivity contribution >= 4 is 33.9 Å². The van der Waals surface area contributed by atoms with E-state index in [1.54, 1.807) is 0 Å². The van der Waals surface area contributed by atoms with Crippen molar-refractivity contribution < 1.29 is 13.2 Å². The molecule has 0 aliphatic rings. The summed E-state index contributed by atoms with van der Waals surface area (Å²) in [6.45, 7) is 0. The van der Waals surface area contributed by atoms with Crippen LogP contribution in [-0.2, 0) is 19.0 Å². The van der Waals surface area contributed by atoms with Gasteiger partial charge in [0.1, 0.15) is 0 Å². The highest BCUT2D eigenvalue weighted by molar-refractivity contribution is 7.98. The Morgan fingerprint density at radius 3 is 2.62 bits per heavy atom. The van der Waals surface area contributed by atoms with Crippen LogP contribution in [0.25, 0.3) is 0 Å². The molecule has 0 unspecified atom stereocenters. The van der Waals surface area contributed by atoms with Crippen LogP contribution in [0.1, 0.15) is 11.5 Å². The van der Waals surface area contributed by atoms with Gasteiger partial charge < -0.3 is 9.88 Å². The molecule has 5 nitrogen and oxygen atoms in total. The monoisotopic (exact) mass is 371 g/mol. The summed E-state index contributed by atoms with van der Waals surface area (Å²) in [4.78, 5) is 4.41. The van der Waals surface area contributed by atoms with Gasteiger partial charge in [-0.25, -0.2) is 4.98 Å². The van der Waals surface area contributed by atoms with Gasteiger partial charge in [0.05, 0.1) is 5.69 Å². The van der Waals surface area contributed by atoms with Crippen LogP contribution in [0, 0.1) is 0 Å². The number of alkyl halides is 3. The Bertz CT molecular complexity index is 813. The molecule has 3 aromatic rings. The maximum Gasteiger partial charge on any atom is 0.451 e. The van der Waals surface area contributed by atoms with Gasteiger partial charge >= 0.3 is 6.18 Å². The van der Waals surface area contributed by atoms with E-state index < -0.39 is 12.0 Å². The second kappa shape index (κ2) is 6.81. The summed E-state index contributed by atoms with van der Waals surface area (Å²) < 4.78 is 39.0. The van der Waals surface area contributed by atoms with Gasteiger partial charge in [-0.3, -0.25) is 0 Å². The molecule has 24 heavy (non-hydrogen) atoms. The number of para-hydroxylation sites is 1. The number of nitrogens with zero attached hydrogens (tertiary/aromatic N) is 4. The van der Waals surface area contributed by atoms with E-state index in [1.807, 2.05) is 35.7 Å². The number of hydrogen-bond donors (Lipinski definition) is 1. The first-order valence-electron chi connectivity index (χ1n) is 6.79. The average Bonchev–Trinajstić information content (AvgIpc) is 3.12. The van der Waals surface area contributed by atoms with Gasteiger partial charge in [0, 0.05) is 23.9 Å². The second-order valence-electron chi connectivity index (χ2n) is 4.79. The fourth-order valence-electron chi connectivity index (χ4n) is 1.90. The molecule has 1 N–H and O–H groups in total. The van der Waals surface area contributed by atoms with E-state index in [0.29, 0.717) is 5.75 Å². The molecule has 10 heteroatoms. The van der Waals surface area contributed by atoms with Crippen LogP contribution in [-0.4, -0.2) is 19.7 Å². The molecule has 0 aliphatic heterocycles. The minimum absolute atomic E-state index is 0.202. The highest BCUT2D eigenvalue weighted by atomic mass is 32.2. The van der Waals surface area contributed by atoms with E-state index in [9.17, 15) is 13.2 Å². The zero-order chi connectivity index (χ0) is 17.2. The van der Waals surface area contributed by atoms with Crippen molar-refractivity contribution in [1.29, 1.82) is 0 Å². The zero-order valence-electron chi connectivity index (χ0n) is 12.4. The van der Waals surface area contributed by atoms with Crippen molar-refractivity contribution in [3.8, 4) is 0 Å². The molecule has 1 aromatic carbocycles. The third kappa shape index (κ3) is 3.88. The molecular weight excluding hydrogens is 359 g/mol. The number of halogens is 3. The van der Waals surface area contributed by atoms with Crippen LogP contribution in [0.2, 0.25) is 0 Å². The quantitative estimate of drug-likeness (QED) is 0.677. The van der Waals surface area contributed by atoms with Gasteiger partial charge in [-0.1, -0.05) is 30.0 Å². The van der Waals surface area contributed by atoms with E-state index in [4.69, 9.17) is 0 Å². The number of aromatic nitrogens is 4. The highest BCUT2D eigenvalue weighted by Gasteiger charge is 2.37. The number of benzene rings is 1. The lowest BCUT2D eigenvalue weighted by Gasteiger charge is -2.05. The number of hydrogen-bond acceptors (Lipinski definition) is 6. The fraction of sp³-hybridized carbons (Fsp3) is 0.214. The standard InChI is InChI=1S/C14H12F3N5S2/c1-22-11(14(15,16)17)20-21-13(22)24-8-10-7-23-12(19-10)18-9-5-3-2-4-6-9/h2-7H,8H2,1H3,(H,18,19). The maximum absolute atomic E-state index is 12.7. The number of rotatable bonds is 5. The van der Waals surface area contributed by atoms with Gasteiger partial charge in [0.2, 0.25) is 5.82 Å². The summed E-state index contributed by atoms with van der Waals surface area (Å²) in [5.41, 5.74) is 1.69. The van der Waals surface area contributed by atoms with Crippen molar-refractivity contribution in [1.82, 2.24) is 19.7 Å². The minimum Gasteiger partial charge on any atom is -0.332 e. The first-order chi connectivity index (χ1) is 11.4. The van der Waals surface area contributed by atoms with Gasteiger partial charge in [-0.2, -0.15) is 13.2 Å². The van der Waals surface area contributed by atoms with Gasteiger partial charge in [-0.15, -0.1) is 21.5 Å². The van der Waals surface area contributed by atoms with Gasteiger partial charge in [0.15, 0.2) is 10.3 Å². The molecular formula is C14H12F3N5S2.